The van der Waals surface area contributed by atoms with Gasteiger partial charge in [0, 0.05) is 56.7 Å². The first-order valence-electron chi connectivity index (χ1n) is 9.66. The molecular formula is C21H25N5O2. The Hall–Kier alpha value is -3.09. The summed E-state index contributed by atoms with van der Waals surface area (Å²) in [6.07, 6.45) is 1.89. The van der Waals surface area contributed by atoms with Gasteiger partial charge >= 0.3 is 6.03 Å². The number of rotatable bonds is 3. The van der Waals surface area contributed by atoms with Crippen LogP contribution in [0.5, 0.6) is 0 Å². The second-order valence-electron chi connectivity index (χ2n) is 7.36. The SMILES string of the molecule is Cc1cnc(N2CCN(C(=O)c3ccc(N4CCNC4=O)cc3)CC2)c(C)c1. The van der Waals surface area contributed by atoms with Crippen LogP contribution in [0, 0.1) is 13.8 Å². The van der Waals surface area contributed by atoms with Gasteiger partial charge in [0.05, 0.1) is 0 Å². The Morgan fingerprint density at radius 1 is 1.04 bits per heavy atom. The minimum absolute atomic E-state index is 0.0330. The standard InChI is InChI=1S/C21H25N5O2/c1-15-13-16(2)19(23-14-15)24-9-11-25(12-10-24)20(27)17-3-5-18(6-4-17)26-8-7-22-21(26)28/h3-6,13-14H,7-12H2,1-2H3,(H,22,28). The van der Waals surface area contributed by atoms with Gasteiger partial charge in [0.25, 0.3) is 5.91 Å². The van der Waals surface area contributed by atoms with Crippen LogP contribution in [0.4, 0.5) is 16.3 Å². The normalized spacial score (nSPS) is 17.1. The minimum atomic E-state index is -0.0878. The molecule has 0 radical (unpaired) electrons. The van der Waals surface area contributed by atoms with E-state index in [-0.39, 0.29) is 11.9 Å². The van der Waals surface area contributed by atoms with E-state index in [9.17, 15) is 9.59 Å². The van der Waals surface area contributed by atoms with Crippen molar-refractivity contribution in [1.29, 1.82) is 0 Å². The van der Waals surface area contributed by atoms with Crippen molar-refractivity contribution in [1.82, 2.24) is 15.2 Å². The van der Waals surface area contributed by atoms with E-state index in [1.54, 1.807) is 17.0 Å². The zero-order valence-electron chi connectivity index (χ0n) is 16.3. The van der Waals surface area contributed by atoms with Crippen molar-refractivity contribution in [3.63, 3.8) is 0 Å². The Bertz CT molecular complexity index is 888. The molecule has 2 aliphatic rings. The summed E-state index contributed by atoms with van der Waals surface area (Å²) >= 11 is 0. The highest BCUT2D eigenvalue weighted by Crippen LogP contribution is 2.21. The minimum Gasteiger partial charge on any atom is -0.353 e. The number of benzene rings is 1. The smallest absolute Gasteiger partial charge is 0.321 e. The summed E-state index contributed by atoms with van der Waals surface area (Å²) in [7, 11) is 0. The maximum atomic E-state index is 12.9. The molecule has 1 aromatic carbocycles. The first kappa shape index (κ1) is 18.3. The number of piperazine rings is 1. The second kappa shape index (κ2) is 7.50. The first-order valence-corrected chi connectivity index (χ1v) is 9.66. The Morgan fingerprint density at radius 2 is 1.75 bits per heavy atom. The lowest BCUT2D eigenvalue weighted by molar-refractivity contribution is 0.0746. The molecule has 1 aromatic heterocycles. The predicted octanol–water partition coefficient (Wildman–Crippen LogP) is 2.19. The van der Waals surface area contributed by atoms with E-state index >= 15 is 0 Å². The Morgan fingerprint density at radius 3 is 2.36 bits per heavy atom. The average Bonchev–Trinajstić information content (AvgIpc) is 3.14. The molecule has 146 valence electrons. The summed E-state index contributed by atoms with van der Waals surface area (Å²) in [6, 6.07) is 9.35. The third-order valence-electron chi connectivity index (χ3n) is 5.34. The molecule has 1 N–H and O–H groups in total. The van der Waals surface area contributed by atoms with E-state index in [0.717, 1.165) is 30.2 Å². The molecule has 2 aliphatic heterocycles. The molecule has 2 saturated heterocycles. The summed E-state index contributed by atoms with van der Waals surface area (Å²) in [5.74, 6) is 1.04. The summed E-state index contributed by atoms with van der Waals surface area (Å²) < 4.78 is 0. The van der Waals surface area contributed by atoms with Crippen molar-refractivity contribution in [2.75, 3.05) is 49.1 Å². The van der Waals surface area contributed by atoms with E-state index in [2.05, 4.69) is 28.2 Å². The number of pyridine rings is 1. The van der Waals surface area contributed by atoms with Gasteiger partial charge in [-0.15, -0.1) is 0 Å². The second-order valence-corrected chi connectivity index (χ2v) is 7.36. The van der Waals surface area contributed by atoms with E-state index in [1.165, 1.54) is 5.56 Å². The number of anilines is 2. The van der Waals surface area contributed by atoms with Crippen LogP contribution in [0.3, 0.4) is 0 Å². The van der Waals surface area contributed by atoms with Crippen molar-refractivity contribution in [3.8, 4) is 0 Å². The molecule has 28 heavy (non-hydrogen) atoms. The Balaban J connectivity index is 1.39. The molecule has 0 spiro atoms. The third kappa shape index (κ3) is 3.52. The summed E-state index contributed by atoms with van der Waals surface area (Å²) in [5.41, 5.74) is 3.80. The number of hydrogen-bond acceptors (Lipinski definition) is 4. The fourth-order valence-corrected chi connectivity index (χ4v) is 3.84. The molecule has 0 aliphatic carbocycles. The zero-order valence-corrected chi connectivity index (χ0v) is 16.3. The van der Waals surface area contributed by atoms with Crippen LogP contribution in [0.2, 0.25) is 0 Å². The van der Waals surface area contributed by atoms with Gasteiger partial charge in [-0.3, -0.25) is 9.69 Å². The summed E-state index contributed by atoms with van der Waals surface area (Å²) in [4.78, 5) is 35.0. The summed E-state index contributed by atoms with van der Waals surface area (Å²) in [6.45, 7) is 8.31. The molecule has 0 unspecified atom stereocenters. The van der Waals surface area contributed by atoms with Crippen LogP contribution >= 0.6 is 0 Å². The highest BCUT2D eigenvalue weighted by molar-refractivity contribution is 5.97. The van der Waals surface area contributed by atoms with Crippen molar-refractivity contribution in [2.24, 2.45) is 0 Å². The molecule has 7 heteroatoms. The quantitative estimate of drug-likeness (QED) is 0.888. The van der Waals surface area contributed by atoms with Gasteiger partial charge in [0.1, 0.15) is 5.82 Å². The van der Waals surface area contributed by atoms with Crippen LogP contribution < -0.4 is 15.1 Å². The van der Waals surface area contributed by atoms with E-state index in [1.807, 2.05) is 30.2 Å². The lowest BCUT2D eigenvalue weighted by atomic mass is 10.1. The summed E-state index contributed by atoms with van der Waals surface area (Å²) in [5, 5.41) is 2.78. The maximum absolute atomic E-state index is 12.9. The zero-order chi connectivity index (χ0) is 19.7. The third-order valence-corrected chi connectivity index (χ3v) is 5.34. The van der Waals surface area contributed by atoms with Crippen molar-refractivity contribution < 1.29 is 9.59 Å². The number of hydrogen-bond donors (Lipinski definition) is 1. The molecule has 2 aromatic rings. The van der Waals surface area contributed by atoms with Gasteiger partial charge in [-0.25, -0.2) is 9.78 Å². The molecule has 2 fully saturated rings. The molecule has 3 heterocycles. The Kier molecular flexibility index (Phi) is 4.90. The number of carbonyl (C=O) groups is 2. The van der Waals surface area contributed by atoms with Crippen LogP contribution in [0.1, 0.15) is 21.5 Å². The molecular weight excluding hydrogens is 354 g/mol. The number of urea groups is 1. The molecule has 4 rings (SSSR count). The lowest BCUT2D eigenvalue weighted by Crippen LogP contribution is -2.49. The molecule has 3 amide bonds. The molecule has 7 nitrogen and oxygen atoms in total. The number of nitrogens with one attached hydrogen (secondary N) is 1. The van der Waals surface area contributed by atoms with Crippen LogP contribution in [0.25, 0.3) is 0 Å². The fraction of sp³-hybridized carbons (Fsp3) is 0.381. The molecule has 0 bridgehead atoms. The highest BCUT2D eigenvalue weighted by atomic mass is 16.2. The van der Waals surface area contributed by atoms with Gasteiger partial charge in [-0.2, -0.15) is 0 Å². The van der Waals surface area contributed by atoms with Crippen LogP contribution in [0.15, 0.2) is 36.5 Å². The van der Waals surface area contributed by atoms with Crippen LogP contribution in [-0.4, -0.2) is 61.1 Å². The van der Waals surface area contributed by atoms with E-state index in [4.69, 9.17) is 0 Å². The average molecular weight is 379 g/mol. The number of amides is 3. The van der Waals surface area contributed by atoms with E-state index in [0.29, 0.717) is 31.7 Å². The van der Waals surface area contributed by atoms with Crippen molar-refractivity contribution in [2.45, 2.75) is 13.8 Å². The van der Waals surface area contributed by atoms with Crippen molar-refractivity contribution in [3.05, 3.63) is 53.2 Å². The molecule has 0 atom stereocenters. The van der Waals surface area contributed by atoms with Gasteiger partial charge in [0.15, 0.2) is 0 Å². The Labute approximate surface area is 164 Å². The number of carbonyl (C=O) groups excluding carboxylic acids is 2. The topological polar surface area (TPSA) is 68.8 Å². The van der Waals surface area contributed by atoms with Gasteiger partial charge in [-0.05, 0) is 49.2 Å². The van der Waals surface area contributed by atoms with Gasteiger partial charge in [-0.1, -0.05) is 6.07 Å². The molecule has 0 saturated carbocycles. The monoisotopic (exact) mass is 379 g/mol. The lowest BCUT2D eigenvalue weighted by Gasteiger charge is -2.36. The van der Waals surface area contributed by atoms with E-state index < -0.39 is 0 Å². The number of aromatic nitrogens is 1. The maximum Gasteiger partial charge on any atom is 0.321 e. The fourth-order valence-electron chi connectivity index (χ4n) is 3.84. The number of aryl methyl sites for hydroxylation is 2. The first-order chi connectivity index (χ1) is 13.5. The predicted molar refractivity (Wildman–Crippen MR) is 109 cm³/mol. The van der Waals surface area contributed by atoms with Gasteiger partial charge < -0.3 is 15.1 Å². The number of nitrogens with zero attached hydrogens (tertiary/aromatic N) is 4. The van der Waals surface area contributed by atoms with Gasteiger partial charge in [0.2, 0.25) is 0 Å². The van der Waals surface area contributed by atoms with Crippen molar-refractivity contribution >= 4 is 23.4 Å². The van der Waals surface area contributed by atoms with Crippen LogP contribution in [-0.2, 0) is 0 Å². The largest absolute Gasteiger partial charge is 0.353 e. The highest BCUT2D eigenvalue weighted by Gasteiger charge is 2.25.